The first-order valence-corrected chi connectivity index (χ1v) is 6.86. The first kappa shape index (κ1) is 11.7. The number of likely N-dealkylation sites (tertiary alicyclic amines) is 1. The Bertz CT molecular complexity index is 433. The van der Waals surface area contributed by atoms with E-state index in [9.17, 15) is 4.79 Å². The van der Waals surface area contributed by atoms with E-state index >= 15 is 0 Å². The second-order valence-corrected chi connectivity index (χ2v) is 5.34. The number of nitrogens with zero attached hydrogens (tertiary/aromatic N) is 2. The molecular weight excluding hydrogens is 224 g/mol. The zero-order chi connectivity index (χ0) is 12.5. The third-order valence-electron chi connectivity index (χ3n) is 4.22. The fraction of sp³-hybridized carbons (Fsp3) is 0.533. The minimum atomic E-state index is 0.222. The van der Waals surface area contributed by atoms with Crippen molar-refractivity contribution in [3.05, 3.63) is 35.4 Å². The largest absolute Gasteiger partial charge is 0.334 e. The molecule has 3 nitrogen and oxygen atoms in total. The highest BCUT2D eigenvalue weighted by Gasteiger charge is 2.32. The third kappa shape index (κ3) is 2.03. The Kier molecular flexibility index (Phi) is 3.08. The molecule has 1 aromatic rings. The van der Waals surface area contributed by atoms with Gasteiger partial charge in [-0.05, 0) is 30.6 Å². The minimum Gasteiger partial charge on any atom is -0.334 e. The summed E-state index contributed by atoms with van der Waals surface area (Å²) < 4.78 is 0. The number of hydrogen-bond donors (Lipinski definition) is 0. The zero-order valence-electron chi connectivity index (χ0n) is 10.9. The van der Waals surface area contributed by atoms with Gasteiger partial charge in [-0.25, -0.2) is 0 Å². The van der Waals surface area contributed by atoms with Crippen LogP contribution in [0.1, 0.15) is 24.5 Å². The van der Waals surface area contributed by atoms with Crippen LogP contribution in [0.15, 0.2) is 24.3 Å². The van der Waals surface area contributed by atoms with Crippen molar-refractivity contribution in [3.63, 3.8) is 0 Å². The number of benzene rings is 1. The maximum atomic E-state index is 12.5. The molecule has 2 aliphatic rings. The van der Waals surface area contributed by atoms with Gasteiger partial charge in [0.25, 0.3) is 0 Å². The van der Waals surface area contributed by atoms with E-state index in [2.05, 4.69) is 36.1 Å². The Morgan fingerprint density at radius 2 is 1.94 bits per heavy atom. The van der Waals surface area contributed by atoms with E-state index in [4.69, 9.17) is 0 Å². The molecule has 0 spiro atoms. The lowest BCUT2D eigenvalue weighted by atomic mass is 10.1. The van der Waals surface area contributed by atoms with Gasteiger partial charge in [-0.2, -0.15) is 0 Å². The molecule has 3 rings (SSSR count). The maximum absolute atomic E-state index is 12.5. The summed E-state index contributed by atoms with van der Waals surface area (Å²) in [4.78, 5) is 16.9. The predicted molar refractivity (Wildman–Crippen MR) is 70.9 cm³/mol. The number of rotatable bonds is 2. The van der Waals surface area contributed by atoms with E-state index in [1.165, 1.54) is 11.1 Å². The number of hydrogen-bond acceptors (Lipinski definition) is 2. The van der Waals surface area contributed by atoms with Crippen molar-refractivity contribution in [1.29, 1.82) is 0 Å². The predicted octanol–water partition coefficient (Wildman–Crippen LogP) is 1.87. The molecule has 2 aliphatic heterocycles. The van der Waals surface area contributed by atoms with Gasteiger partial charge in [-0.1, -0.05) is 31.2 Å². The highest BCUT2D eigenvalue weighted by atomic mass is 16.2. The molecule has 1 saturated heterocycles. The van der Waals surface area contributed by atoms with E-state index in [0.717, 1.165) is 39.1 Å². The molecule has 1 aromatic carbocycles. The van der Waals surface area contributed by atoms with Crippen molar-refractivity contribution >= 4 is 5.91 Å². The summed E-state index contributed by atoms with van der Waals surface area (Å²) in [5.74, 6) is 0.571. The van der Waals surface area contributed by atoms with Gasteiger partial charge < -0.3 is 9.80 Å². The highest BCUT2D eigenvalue weighted by molar-refractivity contribution is 5.80. The zero-order valence-corrected chi connectivity index (χ0v) is 10.9. The smallest absolute Gasteiger partial charge is 0.227 e. The van der Waals surface area contributed by atoms with Gasteiger partial charge in [0.05, 0.1) is 5.92 Å². The Morgan fingerprint density at radius 3 is 2.50 bits per heavy atom. The Morgan fingerprint density at radius 1 is 1.28 bits per heavy atom. The lowest BCUT2D eigenvalue weighted by molar-refractivity contribution is -0.135. The van der Waals surface area contributed by atoms with E-state index < -0.39 is 0 Å². The molecule has 0 saturated carbocycles. The number of fused-ring (bicyclic) bond motifs is 1. The first-order chi connectivity index (χ1) is 8.78. The molecular formula is C15H20N2O. The molecule has 18 heavy (non-hydrogen) atoms. The van der Waals surface area contributed by atoms with Crippen LogP contribution < -0.4 is 0 Å². The summed E-state index contributed by atoms with van der Waals surface area (Å²) in [6.07, 6.45) is 1.03. The molecule has 0 aromatic heterocycles. The van der Waals surface area contributed by atoms with Gasteiger partial charge in [-0.15, -0.1) is 0 Å². The Hall–Kier alpha value is -1.35. The quantitative estimate of drug-likeness (QED) is 0.793. The number of carbonyl (C=O) groups is 1. The average molecular weight is 244 g/mol. The highest BCUT2D eigenvalue weighted by Crippen LogP contribution is 2.26. The van der Waals surface area contributed by atoms with Crippen molar-refractivity contribution in [2.75, 3.05) is 19.6 Å². The third-order valence-corrected chi connectivity index (χ3v) is 4.22. The normalized spacial score (nSPS) is 23.4. The summed E-state index contributed by atoms with van der Waals surface area (Å²) in [6.45, 7) is 6.85. The molecule has 0 aliphatic carbocycles. The van der Waals surface area contributed by atoms with Gasteiger partial charge in [0.2, 0.25) is 5.91 Å². The van der Waals surface area contributed by atoms with Gasteiger partial charge in [0, 0.05) is 19.6 Å². The molecule has 96 valence electrons. The standard InChI is InChI=1S/C15H20N2O/c1-2-16-8-7-14(9-16)15(18)17-10-12-5-3-4-6-13(12)11-17/h3-6,14H,2,7-11H2,1H3. The molecule has 2 heterocycles. The monoisotopic (exact) mass is 244 g/mol. The lowest BCUT2D eigenvalue weighted by Crippen LogP contribution is -2.33. The van der Waals surface area contributed by atoms with E-state index in [1.54, 1.807) is 0 Å². The minimum absolute atomic E-state index is 0.222. The fourth-order valence-electron chi connectivity index (χ4n) is 3.07. The number of carbonyl (C=O) groups excluding carboxylic acids is 1. The molecule has 1 unspecified atom stereocenters. The molecule has 1 amide bonds. The van der Waals surface area contributed by atoms with E-state index in [-0.39, 0.29) is 5.92 Å². The van der Waals surface area contributed by atoms with Crippen molar-refractivity contribution < 1.29 is 4.79 Å². The van der Waals surface area contributed by atoms with Crippen molar-refractivity contribution in [2.24, 2.45) is 5.92 Å². The van der Waals surface area contributed by atoms with Crippen LogP contribution in [-0.2, 0) is 17.9 Å². The first-order valence-electron chi connectivity index (χ1n) is 6.86. The van der Waals surface area contributed by atoms with Crippen LogP contribution in [0, 0.1) is 5.92 Å². The lowest BCUT2D eigenvalue weighted by Gasteiger charge is -2.20. The number of amides is 1. The van der Waals surface area contributed by atoms with Crippen LogP contribution in [0.4, 0.5) is 0 Å². The molecule has 3 heteroatoms. The van der Waals surface area contributed by atoms with Crippen LogP contribution in [-0.4, -0.2) is 35.3 Å². The average Bonchev–Trinajstić information content (AvgIpc) is 3.04. The summed E-state index contributed by atoms with van der Waals surface area (Å²) in [6, 6.07) is 8.38. The Balaban J connectivity index is 1.66. The summed E-state index contributed by atoms with van der Waals surface area (Å²) in [7, 11) is 0. The van der Waals surface area contributed by atoms with Gasteiger partial charge >= 0.3 is 0 Å². The second kappa shape index (κ2) is 4.73. The van der Waals surface area contributed by atoms with Crippen LogP contribution >= 0.6 is 0 Å². The van der Waals surface area contributed by atoms with E-state index in [1.807, 2.05) is 4.90 Å². The van der Waals surface area contributed by atoms with Crippen LogP contribution in [0.25, 0.3) is 0 Å². The van der Waals surface area contributed by atoms with Crippen LogP contribution in [0.3, 0.4) is 0 Å². The van der Waals surface area contributed by atoms with Crippen molar-refractivity contribution in [3.8, 4) is 0 Å². The van der Waals surface area contributed by atoms with Gasteiger partial charge in [0.15, 0.2) is 0 Å². The second-order valence-electron chi connectivity index (χ2n) is 5.34. The van der Waals surface area contributed by atoms with Crippen LogP contribution in [0.5, 0.6) is 0 Å². The van der Waals surface area contributed by atoms with E-state index in [0.29, 0.717) is 5.91 Å². The van der Waals surface area contributed by atoms with Crippen LogP contribution in [0.2, 0.25) is 0 Å². The summed E-state index contributed by atoms with van der Waals surface area (Å²) in [5, 5.41) is 0. The maximum Gasteiger partial charge on any atom is 0.227 e. The van der Waals surface area contributed by atoms with Crippen molar-refractivity contribution in [1.82, 2.24) is 9.80 Å². The topological polar surface area (TPSA) is 23.6 Å². The molecule has 0 N–H and O–H groups in total. The molecule has 1 fully saturated rings. The van der Waals surface area contributed by atoms with Gasteiger partial charge in [-0.3, -0.25) is 4.79 Å². The molecule has 1 atom stereocenters. The fourth-order valence-corrected chi connectivity index (χ4v) is 3.07. The van der Waals surface area contributed by atoms with Crippen molar-refractivity contribution in [2.45, 2.75) is 26.4 Å². The summed E-state index contributed by atoms with van der Waals surface area (Å²) in [5.41, 5.74) is 2.63. The van der Waals surface area contributed by atoms with Gasteiger partial charge in [0.1, 0.15) is 0 Å². The Labute approximate surface area is 108 Å². The molecule has 0 bridgehead atoms. The summed E-state index contributed by atoms with van der Waals surface area (Å²) >= 11 is 0. The SMILES string of the molecule is CCN1CCC(C(=O)N2Cc3ccccc3C2)C1. The molecule has 0 radical (unpaired) electrons.